The number of ether oxygens (including phenoxy) is 1. The molecule has 0 amide bonds. The zero-order valence-corrected chi connectivity index (χ0v) is 10.7. The van der Waals surface area contributed by atoms with Crippen LogP contribution in [0.15, 0.2) is 24.5 Å². The second-order valence-electron chi connectivity index (χ2n) is 5.18. The van der Waals surface area contributed by atoms with E-state index < -0.39 is 0 Å². The molecule has 1 aromatic heterocycles. The van der Waals surface area contributed by atoms with Crippen molar-refractivity contribution in [3.63, 3.8) is 0 Å². The van der Waals surface area contributed by atoms with E-state index in [9.17, 15) is 0 Å². The maximum atomic E-state index is 6.02. The number of aromatic nitrogens is 1. The fourth-order valence-corrected chi connectivity index (χ4v) is 3.39. The summed E-state index contributed by atoms with van der Waals surface area (Å²) in [7, 11) is 0. The van der Waals surface area contributed by atoms with Gasteiger partial charge in [-0.05, 0) is 37.0 Å². The molecule has 0 bridgehead atoms. The lowest BCUT2D eigenvalue weighted by molar-refractivity contribution is -0.0711. The highest BCUT2D eigenvalue weighted by Crippen LogP contribution is 2.34. The van der Waals surface area contributed by atoms with Crippen LogP contribution < -0.4 is 5.73 Å². The smallest absolute Gasteiger partial charge is 0.0731 e. The molecular formula is C14H21N3O. The molecule has 1 aromatic rings. The van der Waals surface area contributed by atoms with Crippen molar-refractivity contribution in [2.45, 2.75) is 37.5 Å². The van der Waals surface area contributed by atoms with E-state index in [1.54, 1.807) is 0 Å². The molecule has 2 aliphatic rings. The fraction of sp³-hybridized carbons (Fsp3) is 0.643. The third-order valence-corrected chi connectivity index (χ3v) is 4.24. The van der Waals surface area contributed by atoms with Crippen molar-refractivity contribution in [3.05, 3.63) is 30.1 Å². The molecule has 3 rings (SSSR count). The summed E-state index contributed by atoms with van der Waals surface area (Å²) in [4.78, 5) is 6.64. The molecule has 4 nitrogen and oxygen atoms in total. The molecule has 3 atom stereocenters. The molecule has 2 N–H and O–H groups in total. The van der Waals surface area contributed by atoms with Gasteiger partial charge in [-0.2, -0.15) is 0 Å². The zero-order valence-electron chi connectivity index (χ0n) is 10.7. The van der Waals surface area contributed by atoms with Crippen LogP contribution >= 0.6 is 0 Å². The fourth-order valence-electron chi connectivity index (χ4n) is 3.39. The van der Waals surface area contributed by atoms with Crippen LogP contribution in [-0.2, 0) is 4.74 Å². The summed E-state index contributed by atoms with van der Waals surface area (Å²) in [6.07, 6.45) is 7.85. The number of nitrogens with two attached hydrogens (primary N) is 1. The Balaban J connectivity index is 1.82. The van der Waals surface area contributed by atoms with Gasteiger partial charge in [-0.1, -0.05) is 0 Å². The van der Waals surface area contributed by atoms with Crippen LogP contribution in [0, 0.1) is 0 Å². The molecule has 18 heavy (non-hydrogen) atoms. The van der Waals surface area contributed by atoms with Gasteiger partial charge in [0.15, 0.2) is 0 Å². The summed E-state index contributed by atoms with van der Waals surface area (Å²) in [5, 5.41) is 0. The Morgan fingerprint density at radius 2 is 2.22 bits per heavy atom. The molecular weight excluding hydrogens is 226 g/mol. The van der Waals surface area contributed by atoms with Crippen molar-refractivity contribution >= 4 is 0 Å². The van der Waals surface area contributed by atoms with Crippen molar-refractivity contribution in [2.75, 3.05) is 19.7 Å². The summed E-state index contributed by atoms with van der Waals surface area (Å²) >= 11 is 0. The monoisotopic (exact) mass is 247 g/mol. The molecule has 1 saturated carbocycles. The van der Waals surface area contributed by atoms with Gasteiger partial charge in [0.2, 0.25) is 0 Å². The van der Waals surface area contributed by atoms with Gasteiger partial charge in [-0.25, -0.2) is 0 Å². The first kappa shape index (κ1) is 12.1. The molecule has 4 heteroatoms. The molecule has 0 aromatic carbocycles. The minimum atomic E-state index is 0.308. The van der Waals surface area contributed by atoms with Gasteiger partial charge in [0.05, 0.1) is 12.7 Å². The summed E-state index contributed by atoms with van der Waals surface area (Å²) < 4.78 is 5.87. The van der Waals surface area contributed by atoms with Crippen LogP contribution in [0.1, 0.15) is 30.9 Å². The van der Waals surface area contributed by atoms with E-state index in [0.717, 1.165) is 13.2 Å². The van der Waals surface area contributed by atoms with Crippen molar-refractivity contribution in [1.29, 1.82) is 0 Å². The van der Waals surface area contributed by atoms with Crippen LogP contribution in [-0.4, -0.2) is 41.7 Å². The molecule has 3 unspecified atom stereocenters. The van der Waals surface area contributed by atoms with Gasteiger partial charge < -0.3 is 10.5 Å². The van der Waals surface area contributed by atoms with Gasteiger partial charge in [0, 0.05) is 37.6 Å². The lowest BCUT2D eigenvalue weighted by Gasteiger charge is -2.42. The molecule has 0 radical (unpaired) electrons. The second-order valence-corrected chi connectivity index (χ2v) is 5.18. The maximum absolute atomic E-state index is 6.02. The Morgan fingerprint density at radius 3 is 3.00 bits per heavy atom. The number of hydrogen-bond donors (Lipinski definition) is 1. The molecule has 1 aliphatic carbocycles. The molecule has 2 heterocycles. The van der Waals surface area contributed by atoms with Crippen LogP contribution in [0.5, 0.6) is 0 Å². The molecule has 0 spiro atoms. The molecule has 1 aliphatic heterocycles. The highest BCUT2D eigenvalue weighted by atomic mass is 16.5. The molecule has 98 valence electrons. The van der Waals surface area contributed by atoms with E-state index >= 15 is 0 Å². The number of pyridine rings is 1. The van der Waals surface area contributed by atoms with E-state index in [0.29, 0.717) is 24.7 Å². The van der Waals surface area contributed by atoms with Gasteiger partial charge in [-0.15, -0.1) is 0 Å². The average molecular weight is 247 g/mol. The Morgan fingerprint density at radius 1 is 1.39 bits per heavy atom. The standard InChI is InChI=1S/C14H21N3O/c15-10-13(11-4-6-16-7-5-11)17-8-9-18-14-3-1-2-12(14)17/h4-7,12-14H,1-3,8-10,15H2. The largest absolute Gasteiger partial charge is 0.375 e. The lowest BCUT2D eigenvalue weighted by Crippen LogP contribution is -2.51. The van der Waals surface area contributed by atoms with Crippen molar-refractivity contribution < 1.29 is 4.74 Å². The predicted molar refractivity (Wildman–Crippen MR) is 70.1 cm³/mol. The van der Waals surface area contributed by atoms with E-state index in [1.807, 2.05) is 12.4 Å². The first-order valence-electron chi connectivity index (χ1n) is 6.87. The first-order valence-corrected chi connectivity index (χ1v) is 6.87. The highest BCUT2D eigenvalue weighted by molar-refractivity contribution is 5.16. The predicted octanol–water partition coefficient (Wildman–Crippen LogP) is 1.33. The number of rotatable bonds is 3. The van der Waals surface area contributed by atoms with Gasteiger partial charge >= 0.3 is 0 Å². The van der Waals surface area contributed by atoms with Crippen molar-refractivity contribution in [2.24, 2.45) is 5.73 Å². The van der Waals surface area contributed by atoms with Crippen molar-refractivity contribution in [1.82, 2.24) is 9.88 Å². The van der Waals surface area contributed by atoms with Crippen LogP contribution in [0.3, 0.4) is 0 Å². The third kappa shape index (κ3) is 2.16. The summed E-state index contributed by atoms with van der Waals surface area (Å²) in [6.45, 7) is 2.49. The Kier molecular flexibility index (Phi) is 3.59. The van der Waals surface area contributed by atoms with Gasteiger partial charge in [0.1, 0.15) is 0 Å². The van der Waals surface area contributed by atoms with E-state index in [-0.39, 0.29) is 0 Å². The van der Waals surface area contributed by atoms with Crippen molar-refractivity contribution in [3.8, 4) is 0 Å². The topological polar surface area (TPSA) is 51.4 Å². The molecule has 2 fully saturated rings. The minimum Gasteiger partial charge on any atom is -0.375 e. The minimum absolute atomic E-state index is 0.308. The zero-order chi connectivity index (χ0) is 12.4. The van der Waals surface area contributed by atoms with E-state index in [1.165, 1.54) is 24.8 Å². The summed E-state index contributed by atoms with van der Waals surface area (Å²) in [6, 6.07) is 5.02. The maximum Gasteiger partial charge on any atom is 0.0731 e. The van der Waals surface area contributed by atoms with E-state index in [4.69, 9.17) is 10.5 Å². The Bertz CT molecular complexity index is 384. The molecule has 1 saturated heterocycles. The summed E-state index contributed by atoms with van der Waals surface area (Å²) in [5.41, 5.74) is 7.29. The summed E-state index contributed by atoms with van der Waals surface area (Å²) in [5.74, 6) is 0. The number of fused-ring (bicyclic) bond motifs is 1. The van der Waals surface area contributed by atoms with Gasteiger partial charge in [0.25, 0.3) is 0 Å². The number of morpholine rings is 1. The van der Waals surface area contributed by atoms with Crippen LogP contribution in [0.2, 0.25) is 0 Å². The SMILES string of the molecule is NCC(c1ccncc1)N1CCOC2CCCC21. The third-order valence-electron chi connectivity index (χ3n) is 4.24. The first-order chi connectivity index (χ1) is 8.90. The highest BCUT2D eigenvalue weighted by Gasteiger charge is 2.39. The number of nitrogens with zero attached hydrogens (tertiary/aromatic N) is 2. The lowest BCUT2D eigenvalue weighted by atomic mass is 10.0. The second kappa shape index (κ2) is 5.34. The van der Waals surface area contributed by atoms with Gasteiger partial charge in [-0.3, -0.25) is 9.88 Å². The normalized spacial score (nSPS) is 30.1. The Labute approximate surface area is 108 Å². The quantitative estimate of drug-likeness (QED) is 0.875. The average Bonchev–Trinajstić information content (AvgIpc) is 2.90. The number of hydrogen-bond acceptors (Lipinski definition) is 4. The van der Waals surface area contributed by atoms with Crippen LogP contribution in [0.25, 0.3) is 0 Å². The van der Waals surface area contributed by atoms with Crippen LogP contribution in [0.4, 0.5) is 0 Å². The van der Waals surface area contributed by atoms with E-state index in [2.05, 4.69) is 22.0 Å². The Hall–Kier alpha value is -0.970.